The average Bonchev–Trinajstić information content (AvgIpc) is 3.11. The van der Waals surface area contributed by atoms with Crippen LogP contribution in [0.2, 0.25) is 0 Å². The van der Waals surface area contributed by atoms with E-state index in [9.17, 15) is 4.79 Å². The second-order valence-electron chi connectivity index (χ2n) is 7.67. The van der Waals surface area contributed by atoms with Gasteiger partial charge in [-0.1, -0.05) is 42.5 Å². The number of nitrogens with zero attached hydrogens (tertiary/aromatic N) is 1. The highest BCUT2D eigenvalue weighted by Gasteiger charge is 2.15. The van der Waals surface area contributed by atoms with Gasteiger partial charge in [0.15, 0.2) is 11.5 Å². The molecule has 0 bridgehead atoms. The van der Waals surface area contributed by atoms with Crippen LogP contribution in [0.15, 0.2) is 65.5 Å². The molecule has 0 aliphatic rings. The number of benzene rings is 3. The molecule has 32 heavy (non-hydrogen) atoms. The number of ether oxygens (including phenoxy) is 2. The summed E-state index contributed by atoms with van der Waals surface area (Å²) in [6.07, 6.45) is 0. The lowest BCUT2D eigenvalue weighted by molar-refractivity contribution is 0.286. The van der Waals surface area contributed by atoms with Crippen molar-refractivity contribution in [3.05, 3.63) is 87.0 Å². The Morgan fingerprint density at radius 1 is 1.00 bits per heavy atom. The minimum atomic E-state index is -0.123. The van der Waals surface area contributed by atoms with Gasteiger partial charge < -0.3 is 14.5 Å². The minimum Gasteiger partial charge on any atom is -0.493 e. The Kier molecular flexibility index (Phi) is 5.15. The molecule has 1 N–H and O–H groups in total. The van der Waals surface area contributed by atoms with Crippen molar-refractivity contribution in [3.63, 3.8) is 0 Å². The van der Waals surface area contributed by atoms with Gasteiger partial charge in [-0.25, -0.2) is 4.98 Å². The van der Waals surface area contributed by atoms with Crippen LogP contribution in [0.5, 0.6) is 11.5 Å². The summed E-state index contributed by atoms with van der Waals surface area (Å²) >= 11 is 1.53. The van der Waals surface area contributed by atoms with Crippen LogP contribution in [-0.4, -0.2) is 17.1 Å². The van der Waals surface area contributed by atoms with Gasteiger partial charge in [0.05, 0.1) is 12.5 Å². The number of aromatic nitrogens is 2. The lowest BCUT2D eigenvalue weighted by Gasteiger charge is -2.13. The molecule has 2 aromatic heterocycles. The van der Waals surface area contributed by atoms with Crippen molar-refractivity contribution >= 4 is 32.3 Å². The molecule has 0 saturated carbocycles. The fraction of sp³-hybridized carbons (Fsp3) is 0.154. The SMILES string of the molecule is COc1cc(-c2nc3sc(C)c(C)c3c(=O)[nH]2)ccc1OCc1cccc2ccccc12. The molecule has 5 aromatic rings. The van der Waals surface area contributed by atoms with Crippen molar-refractivity contribution in [2.24, 2.45) is 0 Å². The summed E-state index contributed by atoms with van der Waals surface area (Å²) in [5.74, 6) is 1.74. The maximum atomic E-state index is 12.7. The molecule has 3 aromatic carbocycles. The molecule has 0 fully saturated rings. The highest BCUT2D eigenvalue weighted by molar-refractivity contribution is 7.18. The van der Waals surface area contributed by atoms with Gasteiger partial charge in [-0.05, 0) is 53.9 Å². The summed E-state index contributed by atoms with van der Waals surface area (Å²) in [7, 11) is 1.61. The van der Waals surface area contributed by atoms with Crippen molar-refractivity contribution < 1.29 is 9.47 Å². The third-order valence-corrected chi connectivity index (χ3v) is 6.84. The van der Waals surface area contributed by atoms with Crippen molar-refractivity contribution in [2.45, 2.75) is 20.5 Å². The third kappa shape index (κ3) is 3.52. The van der Waals surface area contributed by atoms with E-state index in [1.165, 1.54) is 22.1 Å². The Bertz CT molecular complexity index is 1510. The molecule has 5 rings (SSSR count). The van der Waals surface area contributed by atoms with Gasteiger partial charge >= 0.3 is 0 Å². The summed E-state index contributed by atoms with van der Waals surface area (Å²) in [6, 6.07) is 20.0. The Labute approximate surface area is 189 Å². The molecule has 0 unspecified atom stereocenters. The van der Waals surface area contributed by atoms with Crippen molar-refractivity contribution in [1.29, 1.82) is 0 Å². The van der Waals surface area contributed by atoms with E-state index in [0.29, 0.717) is 29.3 Å². The lowest BCUT2D eigenvalue weighted by atomic mass is 10.1. The van der Waals surface area contributed by atoms with Crippen LogP contribution in [0.1, 0.15) is 16.0 Å². The van der Waals surface area contributed by atoms with E-state index < -0.39 is 0 Å². The van der Waals surface area contributed by atoms with Gasteiger partial charge in [0.2, 0.25) is 0 Å². The number of thiophene rings is 1. The average molecular weight is 443 g/mol. The summed E-state index contributed by atoms with van der Waals surface area (Å²) in [5.41, 5.74) is 2.73. The number of fused-ring (bicyclic) bond motifs is 2. The van der Waals surface area contributed by atoms with Crippen LogP contribution in [0, 0.1) is 13.8 Å². The molecule has 6 heteroatoms. The summed E-state index contributed by atoms with van der Waals surface area (Å²) < 4.78 is 11.7. The van der Waals surface area contributed by atoms with Gasteiger partial charge in [-0.3, -0.25) is 4.79 Å². The zero-order valence-corrected chi connectivity index (χ0v) is 18.9. The fourth-order valence-electron chi connectivity index (χ4n) is 3.90. The van der Waals surface area contributed by atoms with E-state index in [-0.39, 0.29) is 5.56 Å². The normalized spacial score (nSPS) is 11.2. The number of hydrogen-bond acceptors (Lipinski definition) is 5. The largest absolute Gasteiger partial charge is 0.493 e. The van der Waals surface area contributed by atoms with E-state index in [1.54, 1.807) is 7.11 Å². The van der Waals surface area contributed by atoms with Gasteiger partial charge in [0.1, 0.15) is 17.3 Å². The second-order valence-corrected chi connectivity index (χ2v) is 8.87. The molecule has 0 amide bonds. The molecule has 0 spiro atoms. The van der Waals surface area contributed by atoms with Crippen LogP contribution >= 0.6 is 11.3 Å². The number of aryl methyl sites for hydroxylation is 2. The predicted molar refractivity (Wildman–Crippen MR) is 130 cm³/mol. The van der Waals surface area contributed by atoms with Crippen molar-refractivity contribution in [3.8, 4) is 22.9 Å². The number of H-pyrrole nitrogens is 1. The third-order valence-electron chi connectivity index (χ3n) is 5.74. The molecule has 0 aliphatic carbocycles. The van der Waals surface area contributed by atoms with Crippen LogP contribution in [0.25, 0.3) is 32.4 Å². The standard InChI is InChI=1S/C26H22N2O3S/c1-15-16(2)32-26-23(15)25(29)27-24(28-26)18-11-12-21(22(13-18)30-3)31-14-19-9-6-8-17-7-4-5-10-20(17)19/h4-13H,14H2,1-3H3,(H,27,28,29). The first-order valence-electron chi connectivity index (χ1n) is 10.3. The van der Waals surface area contributed by atoms with Gasteiger partial charge in [0, 0.05) is 10.4 Å². The highest BCUT2D eigenvalue weighted by atomic mass is 32.1. The van der Waals surface area contributed by atoms with Crippen LogP contribution < -0.4 is 15.0 Å². The second kappa shape index (κ2) is 8.13. The molecule has 0 atom stereocenters. The van der Waals surface area contributed by atoms with Crippen LogP contribution in [0.3, 0.4) is 0 Å². The molecule has 0 radical (unpaired) electrons. The maximum Gasteiger partial charge on any atom is 0.260 e. The zero-order valence-electron chi connectivity index (χ0n) is 18.1. The van der Waals surface area contributed by atoms with Gasteiger partial charge in [0.25, 0.3) is 5.56 Å². The molecule has 5 nitrogen and oxygen atoms in total. The van der Waals surface area contributed by atoms with Crippen molar-refractivity contribution in [2.75, 3.05) is 7.11 Å². The van der Waals surface area contributed by atoms with Crippen molar-refractivity contribution in [1.82, 2.24) is 9.97 Å². The quantitative estimate of drug-likeness (QED) is 0.362. The summed E-state index contributed by atoms with van der Waals surface area (Å²) in [6.45, 7) is 4.38. The smallest absolute Gasteiger partial charge is 0.260 e. The monoisotopic (exact) mass is 442 g/mol. The van der Waals surface area contributed by atoms with Crippen LogP contribution in [0.4, 0.5) is 0 Å². The van der Waals surface area contributed by atoms with E-state index in [2.05, 4.69) is 34.2 Å². The Morgan fingerprint density at radius 2 is 1.81 bits per heavy atom. The topological polar surface area (TPSA) is 64.2 Å². The number of aromatic amines is 1. The summed E-state index contributed by atoms with van der Waals surface area (Å²) in [5, 5.41) is 3.01. The molecule has 0 saturated heterocycles. The molecule has 160 valence electrons. The fourth-order valence-corrected chi connectivity index (χ4v) is 4.93. The first-order chi connectivity index (χ1) is 15.5. The van der Waals surface area contributed by atoms with Gasteiger partial charge in [-0.2, -0.15) is 0 Å². The molecule has 0 aliphatic heterocycles. The lowest BCUT2D eigenvalue weighted by Crippen LogP contribution is -2.09. The molecular formula is C26H22N2O3S. The first-order valence-corrected chi connectivity index (χ1v) is 11.1. The number of nitrogens with one attached hydrogen (secondary N) is 1. The predicted octanol–water partition coefficient (Wildman–Crippen LogP) is 6.01. The number of methoxy groups -OCH3 is 1. The zero-order chi connectivity index (χ0) is 22.2. The Hall–Kier alpha value is -3.64. The highest BCUT2D eigenvalue weighted by Crippen LogP contribution is 2.33. The Morgan fingerprint density at radius 3 is 2.66 bits per heavy atom. The van der Waals surface area contributed by atoms with E-state index in [1.807, 2.05) is 50.2 Å². The molecule has 2 heterocycles. The van der Waals surface area contributed by atoms with Gasteiger partial charge in [-0.15, -0.1) is 11.3 Å². The number of hydrogen-bond donors (Lipinski definition) is 1. The number of rotatable bonds is 5. The first kappa shape index (κ1) is 20.3. The minimum absolute atomic E-state index is 0.123. The van der Waals surface area contributed by atoms with E-state index >= 15 is 0 Å². The Balaban J connectivity index is 1.47. The van der Waals surface area contributed by atoms with E-state index in [4.69, 9.17) is 9.47 Å². The van der Waals surface area contributed by atoms with E-state index in [0.717, 1.165) is 26.4 Å². The summed E-state index contributed by atoms with van der Waals surface area (Å²) in [4.78, 5) is 22.1. The van der Waals surface area contributed by atoms with Crippen LogP contribution in [-0.2, 0) is 6.61 Å². The molecular weight excluding hydrogens is 420 g/mol. The maximum absolute atomic E-state index is 12.7.